The van der Waals surface area contributed by atoms with Gasteiger partial charge in [0, 0.05) is 42.1 Å². The van der Waals surface area contributed by atoms with Crippen molar-refractivity contribution in [3.63, 3.8) is 0 Å². The molecule has 1 aliphatic heterocycles. The number of fused-ring (bicyclic) bond motifs is 6. The molecule has 0 fully saturated rings. The van der Waals surface area contributed by atoms with Gasteiger partial charge in [0.2, 0.25) is 17.2 Å². The van der Waals surface area contributed by atoms with Crippen LogP contribution in [0.3, 0.4) is 0 Å². The van der Waals surface area contributed by atoms with Crippen LogP contribution in [0.4, 0.5) is 0 Å². The molecule has 1 aliphatic rings. The Morgan fingerprint density at radius 2 is 1.16 bits per heavy atom. The SMILES string of the molecule is Oc1c(O)c(O)c(-c2cccc(C3=NC(c4ccccc4)NC(c4ccc5sc6cccc(-n7c8ccccc8c8ccccc87)c6c5c4)=N3)c2)c(O)c1O. The fourth-order valence-corrected chi connectivity index (χ4v) is 8.73. The maximum absolute atomic E-state index is 10.7. The van der Waals surface area contributed by atoms with Gasteiger partial charge in [-0.05, 0) is 59.7 Å². The van der Waals surface area contributed by atoms with Crippen LogP contribution in [0.1, 0.15) is 22.9 Å². The fourth-order valence-electron chi connectivity index (χ4n) is 7.63. The first-order valence-electron chi connectivity index (χ1n) is 17.6. The molecule has 1 atom stereocenters. The number of hydrogen-bond donors (Lipinski definition) is 6. The Labute approximate surface area is 317 Å². The molecule has 0 radical (unpaired) electrons. The number of nitrogens with one attached hydrogen (secondary N) is 1. The molecule has 2 aromatic heterocycles. The Morgan fingerprint density at radius 3 is 1.89 bits per heavy atom. The van der Waals surface area contributed by atoms with Crippen LogP contribution < -0.4 is 5.32 Å². The molecular weight excluding hydrogens is 709 g/mol. The molecule has 0 spiro atoms. The first kappa shape index (κ1) is 32.4. The topological polar surface area (TPSA) is 143 Å². The number of phenols is 5. The summed E-state index contributed by atoms with van der Waals surface area (Å²) in [7, 11) is 0. The molecule has 9 aromatic rings. The zero-order valence-corrected chi connectivity index (χ0v) is 29.7. The maximum Gasteiger partial charge on any atom is 0.208 e. The van der Waals surface area contributed by atoms with Crippen molar-refractivity contribution in [2.24, 2.45) is 9.98 Å². The lowest BCUT2D eigenvalue weighted by molar-refractivity contribution is 0.330. The molecule has 3 heterocycles. The Morgan fingerprint density at radius 1 is 0.527 bits per heavy atom. The number of benzene rings is 7. The van der Waals surface area contributed by atoms with Gasteiger partial charge < -0.3 is 35.4 Å². The zero-order chi connectivity index (χ0) is 37.4. The molecule has 7 aromatic carbocycles. The largest absolute Gasteiger partial charge is 0.504 e. The first-order chi connectivity index (χ1) is 26.9. The lowest BCUT2D eigenvalue weighted by Gasteiger charge is -2.24. The third-order valence-corrected chi connectivity index (χ3v) is 11.3. The highest BCUT2D eigenvalue weighted by atomic mass is 32.1. The molecule has 55 heavy (non-hydrogen) atoms. The van der Waals surface area contributed by atoms with Crippen LogP contribution in [0.25, 0.3) is 58.8 Å². The highest BCUT2D eigenvalue weighted by molar-refractivity contribution is 7.25. The van der Waals surface area contributed by atoms with Gasteiger partial charge in [0.25, 0.3) is 0 Å². The summed E-state index contributed by atoms with van der Waals surface area (Å²) in [5.41, 5.74) is 5.71. The number of phenolic OH excluding ortho intramolecular Hbond substituents is 5. The summed E-state index contributed by atoms with van der Waals surface area (Å²) < 4.78 is 4.67. The van der Waals surface area contributed by atoms with Gasteiger partial charge in [-0.1, -0.05) is 91.0 Å². The molecule has 10 rings (SSSR count). The van der Waals surface area contributed by atoms with E-state index in [1.54, 1.807) is 35.6 Å². The Bertz CT molecular complexity index is 3010. The molecule has 0 saturated carbocycles. The van der Waals surface area contributed by atoms with Crippen molar-refractivity contribution < 1.29 is 25.5 Å². The number of para-hydroxylation sites is 2. The third-order valence-electron chi connectivity index (χ3n) is 10.2. The van der Waals surface area contributed by atoms with E-state index in [9.17, 15) is 25.5 Å². The molecule has 9 nitrogen and oxygen atoms in total. The Hall–Kier alpha value is -7.30. The second-order valence-corrected chi connectivity index (χ2v) is 14.5. The van der Waals surface area contributed by atoms with E-state index in [1.165, 1.54) is 15.5 Å². The van der Waals surface area contributed by atoms with Crippen LogP contribution in [0.15, 0.2) is 150 Å². The van der Waals surface area contributed by atoms with Crippen LogP contribution >= 0.6 is 11.3 Å². The van der Waals surface area contributed by atoms with Crippen molar-refractivity contribution in [3.05, 3.63) is 156 Å². The standard InChI is InChI=1S/C45H30N4O5S/c50-38-36(39(51)41(53)42(54)40(38)52)25-12-8-13-26(22-25)44-46-43(24-10-2-1-3-11-24)47-45(48-44)27-20-21-34-30(23-27)37-33(18-9-19-35(37)55-34)49-31-16-6-4-14-28(31)29-15-5-7-17-32(29)49/h1-23,43,50-54H,(H,46,47,48). The van der Waals surface area contributed by atoms with Crippen molar-refractivity contribution in [2.45, 2.75) is 6.17 Å². The van der Waals surface area contributed by atoms with Gasteiger partial charge in [0.15, 0.2) is 17.3 Å². The quantitative estimate of drug-likeness (QED) is 0.0767. The summed E-state index contributed by atoms with van der Waals surface area (Å²) in [5, 5.41) is 60.1. The van der Waals surface area contributed by atoms with Crippen molar-refractivity contribution in [3.8, 4) is 45.6 Å². The van der Waals surface area contributed by atoms with Crippen molar-refractivity contribution in [1.82, 2.24) is 9.88 Å². The molecule has 10 heteroatoms. The molecule has 1 unspecified atom stereocenters. The van der Waals surface area contributed by atoms with Gasteiger partial charge in [0.1, 0.15) is 12.0 Å². The van der Waals surface area contributed by atoms with Crippen molar-refractivity contribution in [2.75, 3.05) is 0 Å². The summed E-state index contributed by atoms with van der Waals surface area (Å²) in [6, 6.07) is 46.4. The van der Waals surface area contributed by atoms with Gasteiger partial charge in [0.05, 0.1) is 22.3 Å². The highest BCUT2D eigenvalue weighted by Gasteiger charge is 2.26. The van der Waals surface area contributed by atoms with Crippen molar-refractivity contribution in [1.29, 1.82) is 0 Å². The van der Waals surface area contributed by atoms with E-state index >= 15 is 0 Å². The number of amidine groups is 2. The molecular formula is C45H30N4O5S. The summed E-state index contributed by atoms with van der Waals surface area (Å²) in [4.78, 5) is 10.0. The predicted octanol–water partition coefficient (Wildman–Crippen LogP) is 9.84. The molecule has 0 amide bonds. The van der Waals surface area contributed by atoms with Crippen LogP contribution in [0.2, 0.25) is 0 Å². The van der Waals surface area contributed by atoms with Gasteiger partial charge >= 0.3 is 0 Å². The predicted molar refractivity (Wildman–Crippen MR) is 219 cm³/mol. The normalized spacial score (nSPS) is 14.4. The van der Waals surface area contributed by atoms with Gasteiger partial charge in [-0.15, -0.1) is 11.3 Å². The van der Waals surface area contributed by atoms with E-state index in [-0.39, 0.29) is 11.1 Å². The van der Waals surface area contributed by atoms with Gasteiger partial charge in [-0.3, -0.25) is 0 Å². The summed E-state index contributed by atoms with van der Waals surface area (Å²) in [5.74, 6) is -3.48. The molecule has 266 valence electrons. The number of aliphatic imine (C=N–C) groups is 2. The zero-order valence-electron chi connectivity index (χ0n) is 28.8. The van der Waals surface area contributed by atoms with E-state index in [0.29, 0.717) is 17.2 Å². The summed E-state index contributed by atoms with van der Waals surface area (Å²) in [6.07, 6.45) is -0.501. The molecule has 6 N–H and O–H groups in total. The van der Waals surface area contributed by atoms with E-state index in [1.807, 2.05) is 30.3 Å². The molecule has 0 aliphatic carbocycles. The summed E-state index contributed by atoms with van der Waals surface area (Å²) in [6.45, 7) is 0. The van der Waals surface area contributed by atoms with E-state index in [0.717, 1.165) is 43.3 Å². The minimum Gasteiger partial charge on any atom is -0.504 e. The minimum absolute atomic E-state index is 0.248. The monoisotopic (exact) mass is 738 g/mol. The fraction of sp³-hybridized carbons (Fsp3) is 0.0222. The number of nitrogens with zero attached hydrogens (tertiary/aromatic N) is 3. The number of rotatable bonds is 5. The Kier molecular flexibility index (Phi) is 7.29. The lowest BCUT2D eigenvalue weighted by atomic mass is 9.99. The summed E-state index contributed by atoms with van der Waals surface area (Å²) >= 11 is 1.75. The third kappa shape index (κ3) is 5.07. The number of aromatic nitrogens is 1. The van der Waals surface area contributed by atoms with Crippen LogP contribution in [-0.2, 0) is 0 Å². The number of aromatic hydroxyl groups is 5. The number of thiophene rings is 1. The first-order valence-corrected chi connectivity index (χ1v) is 18.4. The highest BCUT2D eigenvalue weighted by Crippen LogP contribution is 2.54. The second-order valence-electron chi connectivity index (χ2n) is 13.4. The van der Waals surface area contributed by atoms with E-state index in [2.05, 4.69) is 94.8 Å². The van der Waals surface area contributed by atoms with Gasteiger partial charge in [-0.2, -0.15) is 0 Å². The minimum atomic E-state index is -1.02. The van der Waals surface area contributed by atoms with Crippen LogP contribution in [-0.4, -0.2) is 41.8 Å². The number of hydrogen-bond acceptors (Lipinski definition) is 9. The van der Waals surface area contributed by atoms with Crippen LogP contribution in [0.5, 0.6) is 28.7 Å². The Balaban J connectivity index is 1.14. The smallest absolute Gasteiger partial charge is 0.208 e. The van der Waals surface area contributed by atoms with Crippen molar-refractivity contribution >= 4 is 65.0 Å². The molecule has 0 saturated heterocycles. The average molecular weight is 739 g/mol. The second kappa shape index (κ2) is 12.4. The molecule has 0 bridgehead atoms. The average Bonchev–Trinajstić information content (AvgIpc) is 3.78. The van der Waals surface area contributed by atoms with E-state index in [4.69, 9.17) is 9.98 Å². The lowest BCUT2D eigenvalue weighted by Crippen LogP contribution is -2.33. The van der Waals surface area contributed by atoms with Crippen LogP contribution in [0, 0.1) is 0 Å². The van der Waals surface area contributed by atoms with Gasteiger partial charge in [-0.25, -0.2) is 9.98 Å². The van der Waals surface area contributed by atoms with E-state index < -0.39 is 34.9 Å². The maximum atomic E-state index is 10.7.